The normalized spacial score (nSPS) is 18.4. The fourth-order valence-corrected chi connectivity index (χ4v) is 5.82. The van der Waals surface area contributed by atoms with Gasteiger partial charge in [0, 0.05) is 61.9 Å². The Morgan fingerprint density at radius 1 is 0.936 bits per heavy atom. The van der Waals surface area contributed by atoms with E-state index in [9.17, 15) is 9.59 Å². The van der Waals surface area contributed by atoms with Gasteiger partial charge in [-0.3, -0.25) is 19.6 Å². The lowest BCUT2D eigenvalue weighted by molar-refractivity contribution is -0.130. The summed E-state index contributed by atoms with van der Waals surface area (Å²) >= 11 is 12.6. The summed E-state index contributed by atoms with van der Waals surface area (Å²) in [4.78, 5) is 49.1. The maximum atomic E-state index is 14.7. The van der Waals surface area contributed by atoms with Gasteiger partial charge in [-0.05, 0) is 42.3 Å². The first kappa shape index (κ1) is 36.4. The first-order valence-electron chi connectivity index (χ1n) is 15.5. The SMILES string of the molecule is CCOc1nc(C(C)(C)C)ncc1C1=N[C@H](c2ccc(Cl)cc2)[C@H](c2ccc(Cl)cc2)N1C(=O)N1CCN(CC(=O)N(C)C)CC1.Cl. The number of carbonyl (C=O) groups excluding carboxylic acids is 2. The summed E-state index contributed by atoms with van der Waals surface area (Å²) in [7, 11) is 3.50. The predicted molar refractivity (Wildman–Crippen MR) is 188 cm³/mol. The third-order valence-electron chi connectivity index (χ3n) is 8.14. The number of aliphatic imine (C=N–C) groups is 1. The van der Waals surface area contributed by atoms with Crippen molar-refractivity contribution in [3.8, 4) is 5.88 Å². The molecule has 0 saturated carbocycles. The number of likely N-dealkylation sites (N-methyl/N-ethyl adjacent to an activating group) is 1. The Bertz CT molecular complexity index is 1590. The van der Waals surface area contributed by atoms with Gasteiger partial charge in [0.1, 0.15) is 17.7 Å². The zero-order valence-corrected chi connectivity index (χ0v) is 29.9. The zero-order valence-electron chi connectivity index (χ0n) is 27.6. The van der Waals surface area contributed by atoms with Crippen molar-refractivity contribution < 1.29 is 14.3 Å². The molecule has 0 unspecified atom stereocenters. The number of amides is 3. The van der Waals surface area contributed by atoms with E-state index in [-0.39, 0.29) is 29.8 Å². The Morgan fingerprint density at radius 2 is 1.51 bits per heavy atom. The molecule has 2 aliphatic rings. The number of benzene rings is 2. The Hall–Kier alpha value is -3.44. The summed E-state index contributed by atoms with van der Waals surface area (Å²) in [6, 6.07) is 13.9. The first-order valence-corrected chi connectivity index (χ1v) is 16.2. The molecule has 2 aliphatic heterocycles. The van der Waals surface area contributed by atoms with Gasteiger partial charge in [-0.2, -0.15) is 4.98 Å². The van der Waals surface area contributed by atoms with E-state index in [1.165, 1.54) is 0 Å². The van der Waals surface area contributed by atoms with Crippen molar-refractivity contribution in [2.45, 2.75) is 45.2 Å². The van der Waals surface area contributed by atoms with Crippen LogP contribution >= 0.6 is 35.6 Å². The zero-order chi connectivity index (χ0) is 33.2. The van der Waals surface area contributed by atoms with Crippen molar-refractivity contribution in [1.82, 2.24) is 29.6 Å². The Labute approximate surface area is 293 Å². The van der Waals surface area contributed by atoms with Crippen LogP contribution in [0.25, 0.3) is 0 Å². The van der Waals surface area contributed by atoms with E-state index in [2.05, 4.69) is 4.90 Å². The van der Waals surface area contributed by atoms with E-state index < -0.39 is 12.1 Å². The standard InChI is InChI=1S/C34H41Cl2N7O3.ClH/c1-7-46-31-26(20-37-32(39-31)34(2,3)4)30-38-28(22-8-12-24(35)13-9-22)29(23-10-14-25(36)15-11-23)43(30)33(45)42-18-16-41(17-19-42)21-27(44)40(5)6;/h8-15,20,28-29H,7,16-19,21H2,1-6H3;1H/t28-,29+;/m1./s1. The number of aromatic nitrogens is 2. The molecule has 2 atom stereocenters. The van der Waals surface area contributed by atoms with Gasteiger partial charge in [0.15, 0.2) is 0 Å². The highest BCUT2D eigenvalue weighted by Crippen LogP contribution is 2.45. The maximum Gasteiger partial charge on any atom is 0.326 e. The van der Waals surface area contributed by atoms with Gasteiger partial charge in [0.25, 0.3) is 0 Å². The molecule has 0 N–H and O–H groups in total. The second-order valence-corrected chi connectivity index (χ2v) is 13.6. The van der Waals surface area contributed by atoms with Gasteiger partial charge >= 0.3 is 6.03 Å². The molecule has 47 heavy (non-hydrogen) atoms. The van der Waals surface area contributed by atoms with Crippen LogP contribution in [0, 0.1) is 0 Å². The molecule has 1 saturated heterocycles. The van der Waals surface area contributed by atoms with Gasteiger partial charge in [-0.15, -0.1) is 12.4 Å². The average Bonchev–Trinajstić information content (AvgIpc) is 3.41. The van der Waals surface area contributed by atoms with Crippen LogP contribution < -0.4 is 4.74 Å². The average molecular weight is 703 g/mol. The first-order chi connectivity index (χ1) is 21.9. The van der Waals surface area contributed by atoms with Crippen molar-refractivity contribution in [2.24, 2.45) is 4.99 Å². The molecule has 0 bridgehead atoms. The highest BCUT2D eigenvalue weighted by Gasteiger charge is 2.45. The number of amidine groups is 1. The number of rotatable bonds is 7. The topological polar surface area (TPSA) is 94.5 Å². The molecule has 0 radical (unpaired) electrons. The van der Waals surface area contributed by atoms with Crippen LogP contribution in [-0.4, -0.2) is 101 Å². The summed E-state index contributed by atoms with van der Waals surface area (Å²) in [5, 5.41) is 1.20. The fraction of sp³-hybridized carbons (Fsp3) is 0.441. The molecule has 5 rings (SSSR count). The maximum absolute atomic E-state index is 14.7. The second kappa shape index (κ2) is 15.2. The molecule has 0 spiro atoms. The quantitative estimate of drug-likeness (QED) is 0.288. The minimum absolute atomic E-state index is 0. The van der Waals surface area contributed by atoms with Gasteiger partial charge in [0.05, 0.1) is 24.8 Å². The molecule has 0 aliphatic carbocycles. The molecule has 1 fully saturated rings. The van der Waals surface area contributed by atoms with Crippen LogP contribution in [0.15, 0.2) is 59.7 Å². The largest absolute Gasteiger partial charge is 0.477 e. The summed E-state index contributed by atoms with van der Waals surface area (Å²) in [6.07, 6.45) is 1.71. The van der Waals surface area contributed by atoms with Crippen LogP contribution in [0.5, 0.6) is 5.88 Å². The van der Waals surface area contributed by atoms with Crippen molar-refractivity contribution in [3.05, 3.63) is 87.3 Å². The number of nitrogens with zero attached hydrogens (tertiary/aromatic N) is 7. The van der Waals surface area contributed by atoms with Gasteiger partial charge < -0.3 is 14.5 Å². The summed E-state index contributed by atoms with van der Waals surface area (Å²) in [5.41, 5.74) is 1.99. The third-order valence-corrected chi connectivity index (χ3v) is 8.65. The highest BCUT2D eigenvalue weighted by molar-refractivity contribution is 6.30. The Kier molecular flexibility index (Phi) is 11.8. The van der Waals surface area contributed by atoms with Crippen molar-refractivity contribution >= 4 is 53.4 Å². The third kappa shape index (κ3) is 8.17. The van der Waals surface area contributed by atoms with E-state index in [1.807, 2.05) is 81.1 Å². The highest BCUT2D eigenvalue weighted by atomic mass is 35.5. The predicted octanol–water partition coefficient (Wildman–Crippen LogP) is 6.27. The summed E-state index contributed by atoms with van der Waals surface area (Å²) < 4.78 is 6.08. The molecule has 1 aromatic heterocycles. The molecular formula is C34H42Cl3N7O3. The molecular weight excluding hydrogens is 661 g/mol. The Balaban J connectivity index is 0.00000500. The van der Waals surface area contributed by atoms with Gasteiger partial charge in [0.2, 0.25) is 11.8 Å². The molecule has 252 valence electrons. The number of hydrogen-bond acceptors (Lipinski definition) is 7. The number of hydrogen-bond donors (Lipinski definition) is 0. The number of ether oxygens (including phenoxy) is 1. The molecule has 3 aromatic rings. The van der Waals surface area contributed by atoms with E-state index in [0.29, 0.717) is 72.5 Å². The molecule has 3 heterocycles. The van der Waals surface area contributed by atoms with Crippen LogP contribution in [0.2, 0.25) is 10.0 Å². The molecule has 3 amide bonds. The van der Waals surface area contributed by atoms with Crippen molar-refractivity contribution in [3.63, 3.8) is 0 Å². The lowest BCUT2D eigenvalue weighted by Gasteiger charge is -2.39. The van der Waals surface area contributed by atoms with E-state index in [0.717, 1.165) is 11.1 Å². The fourth-order valence-electron chi connectivity index (χ4n) is 5.56. The minimum Gasteiger partial charge on any atom is -0.477 e. The molecule has 10 nitrogen and oxygen atoms in total. The van der Waals surface area contributed by atoms with Crippen LogP contribution in [0.3, 0.4) is 0 Å². The number of carbonyl (C=O) groups is 2. The Morgan fingerprint density at radius 3 is 2.04 bits per heavy atom. The van der Waals surface area contributed by atoms with Crippen LogP contribution in [-0.2, 0) is 10.2 Å². The smallest absolute Gasteiger partial charge is 0.326 e. The van der Waals surface area contributed by atoms with E-state index in [1.54, 1.807) is 30.1 Å². The van der Waals surface area contributed by atoms with Crippen LogP contribution in [0.1, 0.15) is 62.3 Å². The van der Waals surface area contributed by atoms with Crippen LogP contribution in [0.4, 0.5) is 4.79 Å². The molecule has 13 heteroatoms. The molecule has 2 aromatic carbocycles. The van der Waals surface area contributed by atoms with E-state index >= 15 is 0 Å². The number of urea groups is 1. The van der Waals surface area contributed by atoms with Crippen molar-refractivity contribution in [1.29, 1.82) is 0 Å². The van der Waals surface area contributed by atoms with Gasteiger partial charge in [-0.1, -0.05) is 68.2 Å². The van der Waals surface area contributed by atoms with E-state index in [4.69, 9.17) is 42.9 Å². The second-order valence-electron chi connectivity index (χ2n) is 12.7. The number of halogens is 3. The monoisotopic (exact) mass is 701 g/mol. The number of piperazine rings is 1. The summed E-state index contributed by atoms with van der Waals surface area (Å²) in [5.74, 6) is 1.46. The summed E-state index contributed by atoms with van der Waals surface area (Å²) in [6.45, 7) is 10.8. The lowest BCUT2D eigenvalue weighted by atomic mass is 9.93. The minimum atomic E-state index is -0.508. The van der Waals surface area contributed by atoms with Gasteiger partial charge in [-0.25, -0.2) is 9.78 Å². The lowest BCUT2D eigenvalue weighted by Crippen LogP contribution is -2.55. The van der Waals surface area contributed by atoms with Crippen molar-refractivity contribution in [2.75, 3.05) is 53.4 Å².